The zero-order valence-corrected chi connectivity index (χ0v) is 19.7. The number of carbonyl (C=O) groups is 1. The molecule has 0 atom stereocenters. The number of urea groups is 1. The van der Waals surface area contributed by atoms with Gasteiger partial charge in [0.25, 0.3) is 0 Å². The van der Waals surface area contributed by atoms with Gasteiger partial charge in [-0.25, -0.2) is 9.78 Å². The maximum Gasteiger partial charge on any atom is 0.323 e. The summed E-state index contributed by atoms with van der Waals surface area (Å²) in [6.45, 7) is 8.04. The number of anilines is 6. The van der Waals surface area contributed by atoms with Crippen molar-refractivity contribution < 1.29 is 4.79 Å². The number of hydrogen-bond acceptors (Lipinski definition) is 5. The van der Waals surface area contributed by atoms with Crippen molar-refractivity contribution in [1.29, 1.82) is 0 Å². The molecule has 0 spiro atoms. The average molecular weight is 453 g/mol. The standard InChI is InChI=1S/C27H28N6O/c1-17-5-8-21(9-6-17)29-25-16-20(4)28-26(33-25)30-22-11-13-23(14-12-22)31-27(34)32-24-10-7-18(2)19(3)15-24/h5-16H,1-4H3,(H2,31,32,34)(H2,28,29,30,33). The summed E-state index contributed by atoms with van der Waals surface area (Å²) < 4.78 is 0. The predicted octanol–water partition coefficient (Wildman–Crippen LogP) is 6.84. The number of carbonyl (C=O) groups excluding carboxylic acids is 1. The topological polar surface area (TPSA) is 91.0 Å². The normalized spacial score (nSPS) is 10.5. The zero-order chi connectivity index (χ0) is 24.1. The first kappa shape index (κ1) is 22.8. The van der Waals surface area contributed by atoms with Crippen LogP contribution in [0.5, 0.6) is 0 Å². The minimum Gasteiger partial charge on any atom is -0.340 e. The van der Waals surface area contributed by atoms with E-state index >= 15 is 0 Å². The monoisotopic (exact) mass is 452 g/mol. The van der Waals surface area contributed by atoms with E-state index in [-0.39, 0.29) is 6.03 Å². The van der Waals surface area contributed by atoms with Crippen molar-refractivity contribution in [3.63, 3.8) is 0 Å². The first-order valence-electron chi connectivity index (χ1n) is 11.1. The Balaban J connectivity index is 1.38. The number of aromatic nitrogens is 2. The Labute approximate surface area is 199 Å². The highest BCUT2D eigenvalue weighted by Gasteiger charge is 2.06. The molecule has 0 radical (unpaired) electrons. The SMILES string of the molecule is Cc1ccc(Nc2cc(C)nc(Nc3ccc(NC(=O)Nc4ccc(C)c(C)c4)cc3)n2)cc1. The van der Waals surface area contributed by atoms with E-state index in [1.807, 2.05) is 93.6 Å². The molecule has 2 amide bonds. The van der Waals surface area contributed by atoms with Gasteiger partial charge in [-0.3, -0.25) is 0 Å². The lowest BCUT2D eigenvalue weighted by Crippen LogP contribution is -2.19. The Kier molecular flexibility index (Phi) is 6.73. The molecule has 4 rings (SSSR count). The van der Waals surface area contributed by atoms with Crippen molar-refractivity contribution in [1.82, 2.24) is 9.97 Å². The third kappa shape index (κ3) is 6.10. The van der Waals surface area contributed by atoms with Gasteiger partial charge in [-0.1, -0.05) is 23.8 Å². The molecule has 7 nitrogen and oxygen atoms in total. The van der Waals surface area contributed by atoms with Crippen LogP contribution in [0.3, 0.4) is 0 Å². The molecule has 4 aromatic rings. The molecule has 1 heterocycles. The largest absolute Gasteiger partial charge is 0.340 e. The molecule has 34 heavy (non-hydrogen) atoms. The molecule has 0 unspecified atom stereocenters. The molecule has 3 aromatic carbocycles. The summed E-state index contributed by atoms with van der Waals surface area (Å²) >= 11 is 0. The number of nitrogens with zero attached hydrogens (tertiary/aromatic N) is 2. The van der Waals surface area contributed by atoms with Gasteiger partial charge in [0.1, 0.15) is 5.82 Å². The Morgan fingerprint density at radius 3 is 1.91 bits per heavy atom. The zero-order valence-electron chi connectivity index (χ0n) is 19.7. The lowest BCUT2D eigenvalue weighted by Gasteiger charge is -2.12. The van der Waals surface area contributed by atoms with Crippen molar-refractivity contribution >= 4 is 40.5 Å². The second kappa shape index (κ2) is 10.0. The van der Waals surface area contributed by atoms with E-state index < -0.39 is 0 Å². The van der Waals surface area contributed by atoms with Crippen molar-refractivity contribution in [3.05, 3.63) is 95.2 Å². The minimum atomic E-state index is -0.294. The van der Waals surface area contributed by atoms with E-state index in [4.69, 9.17) is 0 Å². The van der Waals surface area contributed by atoms with Crippen LogP contribution in [0.2, 0.25) is 0 Å². The maximum absolute atomic E-state index is 12.3. The molecule has 0 saturated carbocycles. The molecular formula is C27H28N6O. The van der Waals surface area contributed by atoms with Gasteiger partial charge in [-0.05, 0) is 87.4 Å². The Morgan fingerprint density at radius 1 is 0.618 bits per heavy atom. The van der Waals surface area contributed by atoms with Crippen LogP contribution >= 0.6 is 0 Å². The van der Waals surface area contributed by atoms with E-state index in [0.29, 0.717) is 17.5 Å². The average Bonchev–Trinajstić information content (AvgIpc) is 2.79. The fourth-order valence-corrected chi connectivity index (χ4v) is 3.35. The van der Waals surface area contributed by atoms with E-state index in [9.17, 15) is 4.79 Å². The Bertz CT molecular complexity index is 1300. The molecule has 4 N–H and O–H groups in total. The van der Waals surface area contributed by atoms with Gasteiger partial charge < -0.3 is 21.3 Å². The van der Waals surface area contributed by atoms with Gasteiger partial charge in [0.05, 0.1) is 0 Å². The number of nitrogens with one attached hydrogen (secondary N) is 4. The third-order valence-corrected chi connectivity index (χ3v) is 5.34. The van der Waals surface area contributed by atoms with E-state index in [0.717, 1.165) is 28.3 Å². The van der Waals surface area contributed by atoms with Crippen LogP contribution in [0.4, 0.5) is 39.3 Å². The highest BCUT2D eigenvalue weighted by atomic mass is 16.2. The lowest BCUT2D eigenvalue weighted by atomic mass is 10.1. The second-order valence-electron chi connectivity index (χ2n) is 8.29. The van der Waals surface area contributed by atoms with Crippen molar-refractivity contribution in [2.45, 2.75) is 27.7 Å². The van der Waals surface area contributed by atoms with Gasteiger partial charge in [0.2, 0.25) is 5.95 Å². The van der Waals surface area contributed by atoms with Crippen molar-refractivity contribution in [2.75, 3.05) is 21.3 Å². The molecule has 0 aliphatic rings. The quantitative estimate of drug-likeness (QED) is 0.257. The molecule has 0 saturated heterocycles. The van der Waals surface area contributed by atoms with Gasteiger partial charge >= 0.3 is 6.03 Å². The Morgan fingerprint density at radius 2 is 1.21 bits per heavy atom. The molecular weight excluding hydrogens is 424 g/mol. The number of aryl methyl sites for hydroxylation is 4. The highest BCUT2D eigenvalue weighted by Crippen LogP contribution is 2.21. The van der Waals surface area contributed by atoms with Gasteiger partial charge in [-0.2, -0.15) is 4.98 Å². The summed E-state index contributed by atoms with van der Waals surface area (Å²) in [4.78, 5) is 21.4. The first-order valence-corrected chi connectivity index (χ1v) is 11.1. The molecule has 0 aliphatic heterocycles. The second-order valence-corrected chi connectivity index (χ2v) is 8.29. The summed E-state index contributed by atoms with van der Waals surface area (Å²) in [5.41, 5.74) is 7.56. The smallest absolute Gasteiger partial charge is 0.323 e. The van der Waals surface area contributed by atoms with Crippen molar-refractivity contribution in [3.8, 4) is 0 Å². The molecule has 0 aliphatic carbocycles. The minimum absolute atomic E-state index is 0.294. The van der Waals surface area contributed by atoms with E-state index in [1.165, 1.54) is 11.1 Å². The molecule has 172 valence electrons. The summed E-state index contributed by atoms with van der Waals surface area (Å²) in [7, 11) is 0. The van der Waals surface area contributed by atoms with E-state index in [1.54, 1.807) is 0 Å². The molecule has 0 fully saturated rings. The van der Waals surface area contributed by atoms with Gasteiger partial charge in [-0.15, -0.1) is 0 Å². The number of hydrogen-bond donors (Lipinski definition) is 4. The van der Waals surface area contributed by atoms with Crippen LogP contribution < -0.4 is 21.3 Å². The maximum atomic E-state index is 12.3. The summed E-state index contributed by atoms with van der Waals surface area (Å²) in [5.74, 6) is 1.20. The number of rotatable bonds is 6. The number of amides is 2. The molecule has 1 aromatic heterocycles. The van der Waals surface area contributed by atoms with Gasteiger partial charge in [0.15, 0.2) is 0 Å². The Hall–Kier alpha value is -4.39. The van der Waals surface area contributed by atoms with Gasteiger partial charge in [0, 0.05) is 34.5 Å². The lowest BCUT2D eigenvalue weighted by molar-refractivity contribution is 0.262. The van der Waals surface area contributed by atoms with Crippen molar-refractivity contribution in [2.24, 2.45) is 0 Å². The van der Waals surface area contributed by atoms with Crippen LogP contribution in [-0.2, 0) is 0 Å². The fraction of sp³-hybridized carbons (Fsp3) is 0.148. The summed E-state index contributed by atoms with van der Waals surface area (Å²) in [5, 5.41) is 12.2. The van der Waals surface area contributed by atoms with Crippen LogP contribution in [0.15, 0.2) is 72.8 Å². The molecule has 7 heteroatoms. The van der Waals surface area contributed by atoms with Crippen LogP contribution in [0.1, 0.15) is 22.4 Å². The number of benzene rings is 3. The molecule has 0 bridgehead atoms. The van der Waals surface area contributed by atoms with Crippen LogP contribution in [0.25, 0.3) is 0 Å². The fourth-order valence-electron chi connectivity index (χ4n) is 3.35. The van der Waals surface area contributed by atoms with Crippen LogP contribution in [-0.4, -0.2) is 16.0 Å². The van der Waals surface area contributed by atoms with Crippen LogP contribution in [0, 0.1) is 27.7 Å². The van der Waals surface area contributed by atoms with E-state index in [2.05, 4.69) is 38.2 Å². The third-order valence-electron chi connectivity index (χ3n) is 5.34. The summed E-state index contributed by atoms with van der Waals surface area (Å²) in [6.07, 6.45) is 0. The first-order chi connectivity index (χ1) is 16.3. The highest BCUT2D eigenvalue weighted by molar-refractivity contribution is 5.99. The predicted molar refractivity (Wildman–Crippen MR) is 140 cm³/mol. The summed E-state index contributed by atoms with van der Waals surface area (Å²) in [6, 6.07) is 22.9.